The van der Waals surface area contributed by atoms with Gasteiger partial charge in [0.15, 0.2) is 0 Å². The second kappa shape index (κ2) is 4.59. The highest BCUT2D eigenvalue weighted by molar-refractivity contribution is 6.32. The summed E-state index contributed by atoms with van der Waals surface area (Å²) in [5.41, 5.74) is 0. The third-order valence-corrected chi connectivity index (χ3v) is 1.77. The lowest BCUT2D eigenvalue weighted by Gasteiger charge is -2.08. The molecule has 78 valence electrons. The lowest BCUT2D eigenvalue weighted by molar-refractivity contribution is -0.154. The third-order valence-electron chi connectivity index (χ3n) is 1.77. The highest BCUT2D eigenvalue weighted by atomic mass is 16.5. The largest absolute Gasteiger partial charge is 0.459 e. The number of carbonyl (C=O) groups is 3. The predicted octanol–water partition coefficient (Wildman–Crippen LogP) is -1.45. The monoisotopic (exact) mass is 200 g/mol. The van der Waals surface area contributed by atoms with Gasteiger partial charge < -0.3 is 15.4 Å². The van der Waals surface area contributed by atoms with Crippen molar-refractivity contribution in [3.05, 3.63) is 0 Å². The van der Waals surface area contributed by atoms with Crippen LogP contribution in [0.2, 0.25) is 0 Å². The van der Waals surface area contributed by atoms with E-state index in [2.05, 4.69) is 15.4 Å². The van der Waals surface area contributed by atoms with E-state index in [1.807, 2.05) is 0 Å². The Morgan fingerprint density at radius 1 is 1.64 bits per heavy atom. The molecule has 0 bridgehead atoms. The van der Waals surface area contributed by atoms with Crippen molar-refractivity contribution in [1.82, 2.24) is 10.6 Å². The molecule has 0 aromatic carbocycles. The fourth-order valence-corrected chi connectivity index (χ4v) is 1.15. The summed E-state index contributed by atoms with van der Waals surface area (Å²) in [5, 5.41) is 4.94. The summed E-state index contributed by atoms with van der Waals surface area (Å²) in [5.74, 6) is -1.83. The molecule has 0 aromatic heterocycles. The average molecular weight is 200 g/mol. The topological polar surface area (TPSA) is 84.5 Å². The van der Waals surface area contributed by atoms with Crippen molar-refractivity contribution in [3.8, 4) is 0 Å². The molecule has 1 rings (SSSR count). The van der Waals surface area contributed by atoms with Crippen LogP contribution < -0.4 is 10.6 Å². The number of hydrogen-bond donors (Lipinski definition) is 2. The van der Waals surface area contributed by atoms with Gasteiger partial charge in [-0.1, -0.05) is 0 Å². The zero-order chi connectivity index (χ0) is 10.6. The summed E-state index contributed by atoms with van der Waals surface area (Å²) in [4.78, 5) is 32.7. The lowest BCUT2D eigenvalue weighted by atomic mass is 10.2. The van der Waals surface area contributed by atoms with Gasteiger partial charge in [0.1, 0.15) is 0 Å². The van der Waals surface area contributed by atoms with Crippen molar-refractivity contribution in [2.24, 2.45) is 0 Å². The van der Waals surface area contributed by atoms with Crippen LogP contribution in [0.3, 0.4) is 0 Å². The van der Waals surface area contributed by atoms with Gasteiger partial charge in [-0.3, -0.25) is 9.59 Å². The summed E-state index contributed by atoms with van der Waals surface area (Å²) >= 11 is 0. The normalized spacial score (nSPS) is 20.1. The van der Waals surface area contributed by atoms with E-state index in [9.17, 15) is 14.4 Å². The second-order valence-electron chi connectivity index (χ2n) is 2.90. The molecule has 0 aromatic rings. The number of esters is 1. The van der Waals surface area contributed by atoms with Crippen LogP contribution in [0.4, 0.5) is 0 Å². The van der Waals surface area contributed by atoms with Crippen LogP contribution in [0.25, 0.3) is 0 Å². The fourth-order valence-electron chi connectivity index (χ4n) is 1.15. The number of ether oxygens (including phenoxy) is 1. The molecule has 2 N–H and O–H groups in total. The molecule has 0 saturated carbocycles. The first kappa shape index (κ1) is 10.5. The molecule has 2 amide bonds. The van der Waals surface area contributed by atoms with E-state index in [-0.39, 0.29) is 25.0 Å². The molecule has 6 heteroatoms. The van der Waals surface area contributed by atoms with Crippen LogP contribution in [0.15, 0.2) is 0 Å². The van der Waals surface area contributed by atoms with Gasteiger partial charge in [-0.05, 0) is 6.92 Å². The minimum atomic E-state index is -0.910. The summed E-state index contributed by atoms with van der Waals surface area (Å²) in [6.45, 7) is 2.14. The molecule has 1 saturated heterocycles. The zero-order valence-electron chi connectivity index (χ0n) is 7.83. The van der Waals surface area contributed by atoms with Crippen LogP contribution >= 0.6 is 0 Å². The van der Waals surface area contributed by atoms with E-state index in [1.54, 1.807) is 6.92 Å². The van der Waals surface area contributed by atoms with Gasteiger partial charge in [-0.2, -0.15) is 0 Å². The van der Waals surface area contributed by atoms with E-state index >= 15 is 0 Å². The van der Waals surface area contributed by atoms with Crippen LogP contribution in [0.5, 0.6) is 0 Å². The first-order valence-corrected chi connectivity index (χ1v) is 4.37. The Bertz CT molecular complexity index is 264. The second-order valence-corrected chi connectivity index (χ2v) is 2.90. The van der Waals surface area contributed by atoms with Gasteiger partial charge in [0, 0.05) is 13.0 Å². The van der Waals surface area contributed by atoms with Gasteiger partial charge in [-0.25, -0.2) is 4.79 Å². The first-order valence-electron chi connectivity index (χ1n) is 4.37. The van der Waals surface area contributed by atoms with Gasteiger partial charge in [0.25, 0.3) is 0 Å². The molecule has 0 aliphatic carbocycles. The van der Waals surface area contributed by atoms with Gasteiger partial charge in [0.2, 0.25) is 5.91 Å². The summed E-state index contributed by atoms with van der Waals surface area (Å²) < 4.78 is 4.48. The fraction of sp³-hybridized carbons (Fsp3) is 0.625. The smallest absolute Gasteiger partial charge is 0.396 e. The van der Waals surface area contributed by atoms with Crippen molar-refractivity contribution >= 4 is 17.8 Å². The first-order chi connectivity index (χ1) is 6.63. The van der Waals surface area contributed by atoms with Crippen molar-refractivity contribution < 1.29 is 19.1 Å². The Morgan fingerprint density at radius 3 is 2.86 bits per heavy atom. The molecule has 1 aliphatic rings. The number of rotatable bonds is 2. The maximum Gasteiger partial charge on any atom is 0.396 e. The maximum atomic E-state index is 11.1. The third kappa shape index (κ3) is 2.72. The molecule has 0 radical (unpaired) electrons. The molecule has 1 fully saturated rings. The molecular formula is C8H12N2O4. The summed E-state index contributed by atoms with van der Waals surface area (Å²) in [6, 6.07) is -0.306. The number of amides is 2. The van der Waals surface area contributed by atoms with Crippen molar-refractivity contribution in [3.63, 3.8) is 0 Å². The minimum Gasteiger partial charge on any atom is -0.459 e. The standard InChI is InChI=1S/C8H12N2O4/c1-2-14-8(13)7(12)10-5-3-6(11)9-4-5/h5H,2-4H2,1H3,(H,9,11)(H,10,12). The maximum absolute atomic E-state index is 11.1. The Hall–Kier alpha value is -1.59. The predicted molar refractivity (Wildman–Crippen MR) is 46.2 cm³/mol. The zero-order valence-corrected chi connectivity index (χ0v) is 7.83. The number of carbonyl (C=O) groups excluding carboxylic acids is 3. The van der Waals surface area contributed by atoms with E-state index in [0.717, 1.165) is 0 Å². The van der Waals surface area contributed by atoms with E-state index in [0.29, 0.717) is 6.54 Å². The molecule has 1 heterocycles. The number of hydrogen-bond acceptors (Lipinski definition) is 4. The lowest BCUT2D eigenvalue weighted by Crippen LogP contribution is -2.41. The number of nitrogens with one attached hydrogen (secondary N) is 2. The Labute approximate surface area is 81.0 Å². The van der Waals surface area contributed by atoms with Crippen molar-refractivity contribution in [1.29, 1.82) is 0 Å². The van der Waals surface area contributed by atoms with E-state index in [1.165, 1.54) is 0 Å². The summed E-state index contributed by atoms with van der Waals surface area (Å²) in [7, 11) is 0. The van der Waals surface area contributed by atoms with Crippen molar-refractivity contribution in [2.75, 3.05) is 13.2 Å². The molecule has 1 aliphatic heterocycles. The van der Waals surface area contributed by atoms with E-state index in [4.69, 9.17) is 0 Å². The molecule has 14 heavy (non-hydrogen) atoms. The highest BCUT2D eigenvalue weighted by Crippen LogP contribution is 1.98. The average Bonchev–Trinajstić information content (AvgIpc) is 2.51. The van der Waals surface area contributed by atoms with Gasteiger partial charge in [-0.15, -0.1) is 0 Å². The molecule has 1 atom stereocenters. The Kier molecular flexibility index (Phi) is 3.44. The van der Waals surface area contributed by atoms with Crippen LogP contribution in [-0.2, 0) is 19.1 Å². The molecule has 0 spiro atoms. The summed E-state index contributed by atoms with van der Waals surface area (Å²) in [6.07, 6.45) is 0.213. The van der Waals surface area contributed by atoms with Crippen LogP contribution in [0.1, 0.15) is 13.3 Å². The van der Waals surface area contributed by atoms with Gasteiger partial charge >= 0.3 is 11.9 Å². The van der Waals surface area contributed by atoms with Crippen LogP contribution in [-0.4, -0.2) is 37.0 Å². The highest BCUT2D eigenvalue weighted by Gasteiger charge is 2.25. The molecule has 1 unspecified atom stereocenters. The quantitative estimate of drug-likeness (QED) is 0.422. The minimum absolute atomic E-state index is 0.126. The molecular weight excluding hydrogens is 188 g/mol. The Balaban J connectivity index is 2.33. The SMILES string of the molecule is CCOC(=O)C(=O)NC1CNC(=O)C1. The Morgan fingerprint density at radius 2 is 2.36 bits per heavy atom. The molecule has 6 nitrogen and oxygen atoms in total. The van der Waals surface area contributed by atoms with Crippen molar-refractivity contribution in [2.45, 2.75) is 19.4 Å². The van der Waals surface area contributed by atoms with Gasteiger partial charge in [0.05, 0.1) is 12.6 Å². The van der Waals surface area contributed by atoms with E-state index < -0.39 is 11.9 Å². The van der Waals surface area contributed by atoms with Crippen LogP contribution in [0, 0.1) is 0 Å².